The lowest BCUT2D eigenvalue weighted by molar-refractivity contribution is -0.384. The Kier molecular flexibility index (Phi) is 4.76. The van der Waals surface area contributed by atoms with E-state index in [-0.39, 0.29) is 5.69 Å². The molecule has 7 nitrogen and oxygen atoms in total. The number of morpholine rings is 1. The average Bonchev–Trinajstić information content (AvgIpc) is 2.75. The number of anilines is 1. The first-order valence-electron chi connectivity index (χ1n) is 8.73. The smallest absolute Gasteiger partial charge is 0.269 e. The quantitative estimate of drug-likeness (QED) is 0.521. The zero-order valence-electron chi connectivity index (χ0n) is 14.6. The molecule has 1 aromatic heterocycles. The fourth-order valence-electron chi connectivity index (χ4n) is 3.00. The van der Waals surface area contributed by atoms with E-state index in [0.717, 1.165) is 35.6 Å². The second-order valence-corrected chi connectivity index (χ2v) is 6.21. The molecule has 0 radical (unpaired) electrons. The van der Waals surface area contributed by atoms with Crippen LogP contribution in [0.3, 0.4) is 0 Å². The van der Waals surface area contributed by atoms with Gasteiger partial charge in [0.2, 0.25) is 5.95 Å². The van der Waals surface area contributed by atoms with Crippen molar-refractivity contribution in [1.82, 2.24) is 9.97 Å². The number of nitro groups is 1. The normalized spacial score (nSPS) is 14.1. The van der Waals surface area contributed by atoms with Gasteiger partial charge in [-0.2, -0.15) is 0 Å². The summed E-state index contributed by atoms with van der Waals surface area (Å²) in [5.74, 6) is 0.646. The summed E-state index contributed by atoms with van der Waals surface area (Å²) in [6.45, 7) is 2.76. The first-order chi connectivity index (χ1) is 13.2. The van der Waals surface area contributed by atoms with Crippen LogP contribution < -0.4 is 4.90 Å². The molecule has 0 unspecified atom stereocenters. The first kappa shape index (κ1) is 17.1. The molecule has 27 heavy (non-hydrogen) atoms. The number of aromatic nitrogens is 2. The van der Waals surface area contributed by atoms with Crippen LogP contribution in [0.15, 0.2) is 60.7 Å². The Balaban J connectivity index is 1.78. The van der Waals surface area contributed by atoms with E-state index in [1.165, 1.54) is 12.1 Å². The van der Waals surface area contributed by atoms with E-state index in [0.29, 0.717) is 19.2 Å². The van der Waals surface area contributed by atoms with Gasteiger partial charge < -0.3 is 9.64 Å². The van der Waals surface area contributed by atoms with Crippen LogP contribution in [0.25, 0.3) is 22.5 Å². The SMILES string of the molecule is O=[N+]([O-])c1ccc(-c2cc(-c3ccccc3)nc(N3CCOCC3)n2)cc1. The van der Waals surface area contributed by atoms with E-state index in [1.807, 2.05) is 36.4 Å². The first-order valence-corrected chi connectivity index (χ1v) is 8.73. The highest BCUT2D eigenvalue weighted by molar-refractivity contribution is 5.70. The van der Waals surface area contributed by atoms with Crippen LogP contribution in [0.1, 0.15) is 0 Å². The summed E-state index contributed by atoms with van der Waals surface area (Å²) in [5, 5.41) is 10.9. The van der Waals surface area contributed by atoms with Crippen LogP contribution in [0, 0.1) is 10.1 Å². The number of ether oxygens (including phenoxy) is 1. The highest BCUT2D eigenvalue weighted by Gasteiger charge is 2.17. The summed E-state index contributed by atoms with van der Waals surface area (Å²) in [4.78, 5) is 22.1. The van der Waals surface area contributed by atoms with Gasteiger partial charge in [-0.3, -0.25) is 10.1 Å². The minimum Gasteiger partial charge on any atom is -0.378 e. The third-order valence-corrected chi connectivity index (χ3v) is 4.45. The molecule has 0 amide bonds. The summed E-state index contributed by atoms with van der Waals surface area (Å²) >= 11 is 0. The van der Waals surface area contributed by atoms with E-state index < -0.39 is 4.92 Å². The van der Waals surface area contributed by atoms with Gasteiger partial charge in [0, 0.05) is 36.3 Å². The molecular weight excluding hydrogens is 344 g/mol. The Labute approximate surface area is 156 Å². The van der Waals surface area contributed by atoms with Crippen LogP contribution in [0.4, 0.5) is 11.6 Å². The largest absolute Gasteiger partial charge is 0.378 e. The number of nitro benzene ring substituents is 1. The third-order valence-electron chi connectivity index (χ3n) is 4.45. The molecule has 0 saturated carbocycles. The predicted molar refractivity (Wildman–Crippen MR) is 103 cm³/mol. The van der Waals surface area contributed by atoms with Gasteiger partial charge in [0.15, 0.2) is 0 Å². The number of rotatable bonds is 4. The lowest BCUT2D eigenvalue weighted by Crippen LogP contribution is -2.37. The monoisotopic (exact) mass is 362 g/mol. The number of hydrogen-bond donors (Lipinski definition) is 0. The molecule has 136 valence electrons. The van der Waals surface area contributed by atoms with Gasteiger partial charge >= 0.3 is 0 Å². The minimum atomic E-state index is -0.404. The summed E-state index contributed by atoms with van der Waals surface area (Å²) in [5.41, 5.74) is 3.43. The zero-order chi connectivity index (χ0) is 18.6. The van der Waals surface area contributed by atoms with Crippen molar-refractivity contribution in [3.8, 4) is 22.5 Å². The Hall–Kier alpha value is -3.32. The van der Waals surface area contributed by atoms with Crippen molar-refractivity contribution in [2.75, 3.05) is 31.2 Å². The summed E-state index contributed by atoms with van der Waals surface area (Å²) in [7, 11) is 0. The maximum absolute atomic E-state index is 10.9. The second kappa shape index (κ2) is 7.51. The molecule has 2 aromatic carbocycles. The third kappa shape index (κ3) is 3.78. The Morgan fingerprint density at radius 1 is 0.889 bits per heavy atom. The van der Waals surface area contributed by atoms with E-state index in [4.69, 9.17) is 14.7 Å². The molecular formula is C20H18N4O3. The second-order valence-electron chi connectivity index (χ2n) is 6.21. The van der Waals surface area contributed by atoms with Crippen molar-refractivity contribution in [3.05, 3.63) is 70.8 Å². The van der Waals surface area contributed by atoms with Crippen molar-refractivity contribution >= 4 is 11.6 Å². The molecule has 0 spiro atoms. The van der Waals surface area contributed by atoms with Crippen molar-refractivity contribution in [2.45, 2.75) is 0 Å². The molecule has 0 bridgehead atoms. The van der Waals surface area contributed by atoms with Gasteiger partial charge in [-0.05, 0) is 18.2 Å². The van der Waals surface area contributed by atoms with Gasteiger partial charge in [0.05, 0.1) is 29.5 Å². The fourth-order valence-corrected chi connectivity index (χ4v) is 3.00. The summed E-state index contributed by atoms with van der Waals surface area (Å²) in [6.07, 6.45) is 0. The van der Waals surface area contributed by atoms with E-state index in [1.54, 1.807) is 12.1 Å². The van der Waals surface area contributed by atoms with E-state index in [9.17, 15) is 10.1 Å². The van der Waals surface area contributed by atoms with Crippen LogP contribution in [0.2, 0.25) is 0 Å². The van der Waals surface area contributed by atoms with Crippen molar-refractivity contribution < 1.29 is 9.66 Å². The van der Waals surface area contributed by atoms with Crippen LogP contribution in [-0.2, 0) is 4.74 Å². The molecule has 4 rings (SSSR count). The molecule has 1 saturated heterocycles. The summed E-state index contributed by atoms with van der Waals surface area (Å²) < 4.78 is 5.43. The highest BCUT2D eigenvalue weighted by atomic mass is 16.6. The van der Waals surface area contributed by atoms with Gasteiger partial charge in [-0.25, -0.2) is 9.97 Å². The molecule has 2 heterocycles. The topological polar surface area (TPSA) is 81.4 Å². The molecule has 0 N–H and O–H groups in total. The average molecular weight is 362 g/mol. The lowest BCUT2D eigenvalue weighted by atomic mass is 10.1. The van der Waals surface area contributed by atoms with Crippen molar-refractivity contribution in [1.29, 1.82) is 0 Å². The Morgan fingerprint density at radius 2 is 1.48 bits per heavy atom. The number of hydrogen-bond acceptors (Lipinski definition) is 6. The predicted octanol–water partition coefficient (Wildman–Crippen LogP) is 3.56. The Bertz CT molecular complexity index is 939. The molecule has 7 heteroatoms. The van der Waals surface area contributed by atoms with Crippen molar-refractivity contribution in [3.63, 3.8) is 0 Å². The van der Waals surface area contributed by atoms with Crippen molar-refractivity contribution in [2.24, 2.45) is 0 Å². The zero-order valence-corrected chi connectivity index (χ0v) is 14.6. The number of benzene rings is 2. The molecule has 0 atom stereocenters. The molecule has 0 aliphatic carbocycles. The maximum Gasteiger partial charge on any atom is 0.269 e. The lowest BCUT2D eigenvalue weighted by Gasteiger charge is -2.27. The number of non-ortho nitro benzene ring substituents is 1. The summed E-state index contributed by atoms with van der Waals surface area (Å²) in [6, 6.07) is 18.3. The fraction of sp³-hybridized carbons (Fsp3) is 0.200. The molecule has 1 aliphatic rings. The van der Waals surface area contributed by atoms with Crippen LogP contribution >= 0.6 is 0 Å². The molecule has 3 aromatic rings. The van der Waals surface area contributed by atoms with Gasteiger partial charge in [-0.1, -0.05) is 30.3 Å². The molecule has 1 fully saturated rings. The molecule has 1 aliphatic heterocycles. The van der Waals surface area contributed by atoms with Gasteiger partial charge in [0.1, 0.15) is 0 Å². The van der Waals surface area contributed by atoms with Crippen LogP contribution in [-0.4, -0.2) is 41.2 Å². The number of nitrogens with zero attached hydrogens (tertiary/aromatic N) is 4. The van der Waals surface area contributed by atoms with Gasteiger partial charge in [0.25, 0.3) is 5.69 Å². The van der Waals surface area contributed by atoms with E-state index >= 15 is 0 Å². The minimum absolute atomic E-state index is 0.0597. The van der Waals surface area contributed by atoms with E-state index in [2.05, 4.69) is 4.90 Å². The van der Waals surface area contributed by atoms with Crippen LogP contribution in [0.5, 0.6) is 0 Å². The Morgan fingerprint density at radius 3 is 2.07 bits per heavy atom. The van der Waals surface area contributed by atoms with Gasteiger partial charge in [-0.15, -0.1) is 0 Å². The standard InChI is InChI=1S/C20H18N4O3/c25-24(26)17-8-6-16(7-9-17)19-14-18(15-4-2-1-3-5-15)21-20(22-19)23-10-12-27-13-11-23/h1-9,14H,10-13H2. The maximum atomic E-state index is 10.9. The highest BCUT2D eigenvalue weighted by Crippen LogP contribution is 2.27.